The number of rotatable bonds is 2. The molecule has 2 N–H and O–H groups in total. The molecule has 184 valence electrons. The first-order valence-corrected chi connectivity index (χ1v) is 11.9. The summed E-state index contributed by atoms with van der Waals surface area (Å²) in [6.07, 6.45) is -1.20. The molecule has 2 amide bonds. The van der Waals surface area contributed by atoms with Crippen molar-refractivity contribution in [3.63, 3.8) is 0 Å². The van der Waals surface area contributed by atoms with Crippen LogP contribution in [0.25, 0.3) is 21.8 Å². The fraction of sp³-hybridized carbons (Fsp3) is 0.296. The fourth-order valence-electron chi connectivity index (χ4n) is 5.59. The van der Waals surface area contributed by atoms with Crippen molar-refractivity contribution in [2.24, 2.45) is 14.1 Å². The third kappa shape index (κ3) is 2.99. The lowest BCUT2D eigenvalue weighted by molar-refractivity contribution is 0.00807. The van der Waals surface area contributed by atoms with Crippen LogP contribution in [0.15, 0.2) is 47.3 Å². The Hall–Kier alpha value is -3.95. The van der Waals surface area contributed by atoms with Gasteiger partial charge in [0.05, 0.1) is 28.9 Å². The van der Waals surface area contributed by atoms with Crippen molar-refractivity contribution in [1.29, 1.82) is 0 Å². The molecule has 2 atom stereocenters. The molecule has 9 heteroatoms. The lowest BCUT2D eigenvalue weighted by atomic mass is 9.91. The molecule has 2 aliphatic rings. The minimum Gasteiger partial charge on any atom is -0.390 e. The van der Waals surface area contributed by atoms with Gasteiger partial charge in [-0.05, 0) is 49.2 Å². The molecule has 1 aromatic heterocycles. The van der Waals surface area contributed by atoms with Crippen LogP contribution in [0.2, 0.25) is 0 Å². The number of hydrogen-bond acceptors (Lipinski definition) is 6. The van der Waals surface area contributed by atoms with Gasteiger partial charge in [-0.1, -0.05) is 12.1 Å². The smallest absolute Gasteiger partial charge is 0.328 e. The second kappa shape index (κ2) is 7.78. The molecule has 2 aliphatic heterocycles. The molecule has 3 aromatic carbocycles. The Labute approximate surface area is 206 Å². The summed E-state index contributed by atoms with van der Waals surface area (Å²) in [5.41, 5.74) is 3.97. The number of benzene rings is 3. The Kier molecular flexibility index (Phi) is 4.86. The van der Waals surface area contributed by atoms with E-state index in [1.165, 1.54) is 9.47 Å². The number of aliphatic hydroxyl groups excluding tert-OH is 2. The molecule has 6 rings (SSSR count). The van der Waals surface area contributed by atoms with E-state index in [1.807, 2.05) is 30.0 Å². The van der Waals surface area contributed by atoms with E-state index in [1.54, 1.807) is 42.9 Å². The van der Waals surface area contributed by atoms with Gasteiger partial charge in [0.15, 0.2) is 0 Å². The summed E-state index contributed by atoms with van der Waals surface area (Å²) >= 11 is 0. The van der Waals surface area contributed by atoms with E-state index in [9.17, 15) is 24.6 Å². The Morgan fingerprint density at radius 1 is 0.833 bits per heavy atom. The molecule has 0 bridgehead atoms. The number of imide groups is 1. The number of anilines is 2. The highest BCUT2D eigenvalue weighted by Gasteiger charge is 2.36. The largest absolute Gasteiger partial charge is 0.390 e. The average molecular weight is 487 g/mol. The van der Waals surface area contributed by atoms with Gasteiger partial charge in [-0.25, -0.2) is 9.69 Å². The Morgan fingerprint density at radius 2 is 1.50 bits per heavy atom. The number of amides is 2. The van der Waals surface area contributed by atoms with Crippen LogP contribution in [-0.4, -0.2) is 56.5 Å². The van der Waals surface area contributed by atoms with Gasteiger partial charge < -0.3 is 15.1 Å². The summed E-state index contributed by atoms with van der Waals surface area (Å²) in [6.45, 7) is 2.64. The maximum Gasteiger partial charge on any atom is 0.328 e. The molecule has 36 heavy (non-hydrogen) atoms. The normalized spacial score (nSPS) is 20.1. The van der Waals surface area contributed by atoms with Crippen LogP contribution in [-0.2, 0) is 14.1 Å². The molecule has 0 radical (unpaired) electrons. The summed E-state index contributed by atoms with van der Waals surface area (Å²) < 4.78 is 3.04. The van der Waals surface area contributed by atoms with Crippen molar-refractivity contribution in [2.75, 3.05) is 22.9 Å². The predicted octanol–water partition coefficient (Wildman–Crippen LogP) is 2.07. The number of aromatic nitrogens is 2. The second-order valence-electron chi connectivity index (χ2n) is 9.70. The average Bonchev–Trinajstić information content (AvgIpc) is 3.07. The van der Waals surface area contributed by atoms with E-state index in [-0.39, 0.29) is 12.2 Å². The fourth-order valence-corrected chi connectivity index (χ4v) is 5.59. The number of piperidine rings is 1. The number of carbonyl (C=O) groups excluding carboxylic acids is 2. The van der Waals surface area contributed by atoms with Crippen molar-refractivity contribution < 1.29 is 19.8 Å². The molecule has 0 spiro atoms. The van der Waals surface area contributed by atoms with Crippen LogP contribution in [0.3, 0.4) is 0 Å². The van der Waals surface area contributed by atoms with E-state index in [0.29, 0.717) is 46.2 Å². The van der Waals surface area contributed by atoms with Gasteiger partial charge in [0.1, 0.15) is 0 Å². The van der Waals surface area contributed by atoms with E-state index in [4.69, 9.17) is 0 Å². The van der Waals surface area contributed by atoms with E-state index in [0.717, 1.165) is 16.6 Å². The van der Waals surface area contributed by atoms with Crippen molar-refractivity contribution in [3.8, 4) is 0 Å². The topological polar surface area (TPSA) is 108 Å². The molecule has 0 saturated carbocycles. The van der Waals surface area contributed by atoms with Crippen molar-refractivity contribution in [3.05, 3.63) is 69.6 Å². The van der Waals surface area contributed by atoms with Gasteiger partial charge in [0.2, 0.25) is 0 Å². The molecule has 9 nitrogen and oxygen atoms in total. The highest BCUT2D eigenvalue weighted by molar-refractivity contribution is 6.36. The maximum atomic E-state index is 13.8. The van der Waals surface area contributed by atoms with Crippen molar-refractivity contribution in [1.82, 2.24) is 9.13 Å². The zero-order chi connectivity index (χ0) is 25.5. The molecular weight excluding hydrogens is 460 g/mol. The van der Waals surface area contributed by atoms with E-state index < -0.39 is 24.0 Å². The van der Waals surface area contributed by atoms with E-state index in [2.05, 4.69) is 0 Å². The van der Waals surface area contributed by atoms with Crippen molar-refractivity contribution in [2.45, 2.75) is 25.6 Å². The van der Waals surface area contributed by atoms with Crippen molar-refractivity contribution >= 4 is 45.0 Å². The first-order valence-electron chi connectivity index (χ1n) is 11.9. The third-order valence-electron chi connectivity index (χ3n) is 7.60. The minimum atomic E-state index is -0.866. The van der Waals surface area contributed by atoms with Crippen LogP contribution < -0.4 is 15.5 Å². The van der Waals surface area contributed by atoms with Gasteiger partial charge in [-0.3, -0.25) is 18.7 Å². The number of carbonyl (C=O) groups is 2. The van der Waals surface area contributed by atoms with Gasteiger partial charge in [-0.2, -0.15) is 0 Å². The summed E-state index contributed by atoms with van der Waals surface area (Å²) in [5, 5.41) is 21.5. The zero-order valence-corrected chi connectivity index (χ0v) is 20.2. The van der Waals surface area contributed by atoms with Gasteiger partial charge >= 0.3 is 5.69 Å². The molecular formula is C27H26N4O5. The summed E-state index contributed by atoms with van der Waals surface area (Å²) in [5.74, 6) is -0.847. The molecule has 3 heterocycles. The Bertz CT molecular complexity index is 1640. The van der Waals surface area contributed by atoms with E-state index >= 15 is 0 Å². The molecule has 4 aromatic rings. The standard InChI is InChI=1S/C27H26N4O5/c1-14-11-20-21(29(3)27(36)28(20)2)12-19(14)31-25(34)16-6-4-5-15-18(8-7-17(24(15)16)26(31)35)30-10-9-22(32)23(33)13-30/h4-8,11-12,22-23,32-33H,9-10,13H2,1-3H3/t22-,23-/m0/s1. The molecule has 1 fully saturated rings. The van der Waals surface area contributed by atoms with Crippen LogP contribution in [0.5, 0.6) is 0 Å². The zero-order valence-electron chi connectivity index (χ0n) is 20.2. The number of hydrogen-bond donors (Lipinski definition) is 2. The van der Waals surface area contributed by atoms with Crippen LogP contribution in [0.1, 0.15) is 32.7 Å². The lowest BCUT2D eigenvalue weighted by Crippen LogP contribution is -2.47. The number of β-amino-alcohol motifs (C(OH)–C–C–N with tert-alkyl or cyclic N) is 1. The maximum absolute atomic E-state index is 13.8. The number of aryl methyl sites for hydroxylation is 3. The summed E-state index contributed by atoms with van der Waals surface area (Å²) in [4.78, 5) is 43.2. The first kappa shape index (κ1) is 22.5. The Balaban J connectivity index is 1.51. The number of imidazole rings is 1. The number of aliphatic hydroxyl groups is 2. The number of fused-ring (bicyclic) bond motifs is 1. The SMILES string of the molecule is Cc1cc2c(cc1N1C(=O)c3cccc4c(N5CC[C@H](O)[C@@H](O)C5)ccc(c34)C1=O)n(C)c(=O)n2C. The van der Waals surface area contributed by atoms with Crippen LogP contribution in [0.4, 0.5) is 11.4 Å². The second-order valence-corrected chi connectivity index (χ2v) is 9.70. The highest BCUT2D eigenvalue weighted by Crippen LogP contribution is 2.39. The quantitative estimate of drug-likeness (QED) is 0.420. The monoisotopic (exact) mass is 486 g/mol. The predicted molar refractivity (Wildman–Crippen MR) is 137 cm³/mol. The summed E-state index contributed by atoms with van der Waals surface area (Å²) in [6, 6.07) is 12.5. The van der Waals surface area contributed by atoms with Crippen LogP contribution >= 0.6 is 0 Å². The Morgan fingerprint density at radius 3 is 2.19 bits per heavy atom. The molecule has 0 unspecified atom stereocenters. The first-order chi connectivity index (χ1) is 17.2. The summed E-state index contributed by atoms with van der Waals surface area (Å²) in [7, 11) is 3.36. The lowest BCUT2D eigenvalue weighted by Gasteiger charge is -2.36. The van der Waals surface area contributed by atoms with Crippen LogP contribution in [0, 0.1) is 6.92 Å². The molecule has 1 saturated heterocycles. The van der Waals surface area contributed by atoms with Gasteiger partial charge in [-0.15, -0.1) is 0 Å². The number of nitrogens with zero attached hydrogens (tertiary/aromatic N) is 4. The highest BCUT2D eigenvalue weighted by atomic mass is 16.3. The van der Waals surface area contributed by atoms with Gasteiger partial charge in [0, 0.05) is 54.8 Å². The minimum absolute atomic E-state index is 0.184. The molecule has 0 aliphatic carbocycles. The van der Waals surface area contributed by atoms with Gasteiger partial charge in [0.25, 0.3) is 11.8 Å². The third-order valence-corrected chi connectivity index (χ3v) is 7.60.